The number of hydrogen-bond acceptors (Lipinski definition) is 3. The normalized spacial score (nSPS) is 17.9. The van der Waals surface area contributed by atoms with Crippen molar-refractivity contribution in [1.82, 2.24) is 20.0 Å². The van der Waals surface area contributed by atoms with Gasteiger partial charge in [0.25, 0.3) is 5.91 Å². The van der Waals surface area contributed by atoms with Crippen molar-refractivity contribution in [2.24, 2.45) is 0 Å². The first-order valence-corrected chi connectivity index (χ1v) is 9.79. The molecule has 1 unspecified atom stereocenters. The minimum Gasteiger partial charge on any atom is -0.335 e. The van der Waals surface area contributed by atoms with Gasteiger partial charge in [-0.2, -0.15) is 5.10 Å². The van der Waals surface area contributed by atoms with Gasteiger partial charge in [-0.05, 0) is 24.5 Å². The fraction of sp³-hybridized carbons (Fsp3) is 0.476. The summed E-state index contributed by atoms with van der Waals surface area (Å²) in [5, 5.41) is 7.13. The molecule has 0 radical (unpaired) electrons. The van der Waals surface area contributed by atoms with Crippen molar-refractivity contribution in [3.05, 3.63) is 53.3 Å². The summed E-state index contributed by atoms with van der Waals surface area (Å²) in [6.07, 6.45) is 3.03. The molecule has 1 aromatic heterocycles. The van der Waals surface area contributed by atoms with E-state index in [9.17, 15) is 9.59 Å². The van der Waals surface area contributed by atoms with Crippen LogP contribution in [0.25, 0.3) is 0 Å². The zero-order valence-corrected chi connectivity index (χ0v) is 16.1. The zero-order chi connectivity index (χ0) is 19.2. The molecule has 1 aliphatic heterocycles. The van der Waals surface area contributed by atoms with Crippen LogP contribution in [0.2, 0.25) is 0 Å². The van der Waals surface area contributed by atoms with E-state index < -0.39 is 0 Å². The Morgan fingerprint density at radius 3 is 2.74 bits per heavy atom. The van der Waals surface area contributed by atoms with Crippen LogP contribution in [0.4, 0.5) is 0 Å². The van der Waals surface area contributed by atoms with E-state index in [2.05, 4.69) is 24.0 Å². The lowest BCUT2D eigenvalue weighted by Crippen LogP contribution is -2.43. The molecule has 2 heterocycles. The Bertz CT molecular complexity index is 771. The molecule has 0 aliphatic carbocycles. The number of carbonyl (C=O) groups excluding carboxylic acids is 2. The van der Waals surface area contributed by atoms with Crippen molar-refractivity contribution in [1.29, 1.82) is 0 Å². The van der Waals surface area contributed by atoms with Crippen molar-refractivity contribution in [2.75, 3.05) is 13.1 Å². The van der Waals surface area contributed by atoms with Crippen molar-refractivity contribution in [2.45, 2.75) is 52.1 Å². The molecule has 2 aromatic rings. The van der Waals surface area contributed by atoms with E-state index in [0.29, 0.717) is 31.7 Å². The largest absolute Gasteiger partial charge is 0.335 e. The Hall–Kier alpha value is -2.63. The van der Waals surface area contributed by atoms with Crippen LogP contribution in [0.3, 0.4) is 0 Å². The van der Waals surface area contributed by atoms with Crippen LogP contribution < -0.4 is 0 Å². The summed E-state index contributed by atoms with van der Waals surface area (Å²) in [7, 11) is 0. The summed E-state index contributed by atoms with van der Waals surface area (Å²) in [5.74, 6) is 0.0103. The molecule has 1 saturated heterocycles. The van der Waals surface area contributed by atoms with Gasteiger partial charge in [0.2, 0.25) is 5.91 Å². The maximum Gasteiger partial charge on any atom is 0.274 e. The van der Waals surface area contributed by atoms with Crippen LogP contribution in [-0.4, -0.2) is 50.9 Å². The summed E-state index contributed by atoms with van der Waals surface area (Å²) in [6, 6.07) is 11.9. The molecule has 1 N–H and O–H groups in total. The monoisotopic (exact) mass is 368 g/mol. The standard InChI is InChI=1S/C21H28N4O2/c1-3-8-17-13-19(23-22-17)21(27)24-12-11-20(26)25(18(4-2)15-24)14-16-9-6-5-7-10-16/h5-7,9-10,13,18H,3-4,8,11-12,14-15H2,1-2H3,(H,22,23). The summed E-state index contributed by atoms with van der Waals surface area (Å²) in [6.45, 7) is 5.73. The Morgan fingerprint density at radius 1 is 1.26 bits per heavy atom. The number of nitrogens with one attached hydrogen (secondary N) is 1. The molecular weight excluding hydrogens is 340 g/mol. The Morgan fingerprint density at radius 2 is 2.04 bits per heavy atom. The highest BCUT2D eigenvalue weighted by atomic mass is 16.2. The minimum absolute atomic E-state index is 0.0122. The first-order chi connectivity index (χ1) is 13.1. The van der Waals surface area contributed by atoms with Gasteiger partial charge in [0.15, 0.2) is 0 Å². The second-order valence-corrected chi connectivity index (χ2v) is 7.10. The molecule has 2 amide bonds. The van der Waals surface area contributed by atoms with Gasteiger partial charge >= 0.3 is 0 Å². The van der Waals surface area contributed by atoms with Crippen LogP contribution in [0.1, 0.15) is 54.9 Å². The van der Waals surface area contributed by atoms with Gasteiger partial charge < -0.3 is 9.80 Å². The van der Waals surface area contributed by atoms with Crippen molar-refractivity contribution in [3.8, 4) is 0 Å². The Balaban J connectivity index is 1.74. The molecule has 144 valence electrons. The summed E-state index contributed by atoms with van der Waals surface area (Å²) in [4.78, 5) is 29.4. The molecular formula is C21H28N4O2. The second-order valence-electron chi connectivity index (χ2n) is 7.10. The first-order valence-electron chi connectivity index (χ1n) is 9.79. The fourth-order valence-corrected chi connectivity index (χ4v) is 3.58. The lowest BCUT2D eigenvalue weighted by atomic mass is 10.1. The number of aromatic nitrogens is 2. The van der Waals surface area contributed by atoms with Gasteiger partial charge in [-0.15, -0.1) is 0 Å². The van der Waals surface area contributed by atoms with Gasteiger partial charge in [0.1, 0.15) is 5.69 Å². The number of carbonyl (C=O) groups is 2. The predicted molar refractivity (Wildman–Crippen MR) is 104 cm³/mol. The Labute approximate surface area is 160 Å². The molecule has 6 heteroatoms. The summed E-state index contributed by atoms with van der Waals surface area (Å²) < 4.78 is 0. The highest BCUT2D eigenvalue weighted by Gasteiger charge is 2.31. The molecule has 1 aliphatic rings. The maximum absolute atomic E-state index is 12.9. The fourth-order valence-electron chi connectivity index (χ4n) is 3.58. The van der Waals surface area contributed by atoms with Crippen molar-refractivity contribution < 1.29 is 9.59 Å². The highest BCUT2D eigenvalue weighted by Crippen LogP contribution is 2.19. The van der Waals surface area contributed by atoms with Crippen LogP contribution in [0, 0.1) is 0 Å². The van der Waals surface area contributed by atoms with E-state index in [1.165, 1.54) is 0 Å². The highest BCUT2D eigenvalue weighted by molar-refractivity contribution is 5.93. The smallest absolute Gasteiger partial charge is 0.274 e. The number of rotatable bonds is 6. The third-order valence-electron chi connectivity index (χ3n) is 5.11. The second kappa shape index (κ2) is 8.84. The molecule has 0 saturated carbocycles. The Kier molecular flexibility index (Phi) is 6.27. The average Bonchev–Trinajstić information content (AvgIpc) is 3.09. The number of aryl methyl sites for hydroxylation is 1. The van der Waals surface area contributed by atoms with E-state index in [1.807, 2.05) is 41.3 Å². The lowest BCUT2D eigenvalue weighted by molar-refractivity contribution is -0.133. The topological polar surface area (TPSA) is 69.3 Å². The molecule has 1 aromatic carbocycles. The van der Waals surface area contributed by atoms with Crippen molar-refractivity contribution in [3.63, 3.8) is 0 Å². The third-order valence-corrected chi connectivity index (χ3v) is 5.11. The number of aromatic amines is 1. The van der Waals surface area contributed by atoms with E-state index in [0.717, 1.165) is 30.5 Å². The quantitative estimate of drug-likeness (QED) is 0.852. The molecule has 1 fully saturated rings. The van der Waals surface area contributed by atoms with E-state index in [4.69, 9.17) is 0 Å². The number of hydrogen-bond donors (Lipinski definition) is 1. The molecule has 6 nitrogen and oxygen atoms in total. The molecule has 0 bridgehead atoms. The SMILES string of the molecule is CCCc1cc(C(=O)N2CCC(=O)N(Cc3ccccc3)C(CC)C2)n[nH]1. The van der Waals surface area contributed by atoms with Crippen LogP contribution in [0.5, 0.6) is 0 Å². The van der Waals surface area contributed by atoms with Crippen LogP contribution in [-0.2, 0) is 17.8 Å². The van der Waals surface area contributed by atoms with Gasteiger partial charge in [0.05, 0.1) is 0 Å². The molecule has 27 heavy (non-hydrogen) atoms. The summed E-state index contributed by atoms with van der Waals surface area (Å²) in [5.41, 5.74) is 2.53. The van der Waals surface area contributed by atoms with E-state index in [-0.39, 0.29) is 17.9 Å². The first kappa shape index (κ1) is 19.1. The van der Waals surface area contributed by atoms with Crippen molar-refractivity contribution >= 4 is 11.8 Å². The van der Waals surface area contributed by atoms with Gasteiger partial charge in [-0.1, -0.05) is 50.6 Å². The van der Waals surface area contributed by atoms with Gasteiger partial charge in [0, 0.05) is 37.8 Å². The molecule has 0 spiro atoms. The van der Waals surface area contributed by atoms with Crippen LogP contribution in [0.15, 0.2) is 36.4 Å². The van der Waals surface area contributed by atoms with Gasteiger partial charge in [-0.25, -0.2) is 0 Å². The molecule has 3 rings (SSSR count). The zero-order valence-electron chi connectivity index (χ0n) is 16.1. The lowest BCUT2D eigenvalue weighted by Gasteiger charge is -2.31. The number of H-pyrrole nitrogens is 1. The number of nitrogens with zero attached hydrogens (tertiary/aromatic N) is 3. The average molecular weight is 368 g/mol. The molecule has 1 atom stereocenters. The third kappa shape index (κ3) is 4.56. The van der Waals surface area contributed by atoms with E-state index in [1.54, 1.807) is 4.90 Å². The van der Waals surface area contributed by atoms with Gasteiger partial charge in [-0.3, -0.25) is 14.7 Å². The van der Waals surface area contributed by atoms with E-state index >= 15 is 0 Å². The predicted octanol–water partition coefficient (Wildman–Crippen LogP) is 3.02. The minimum atomic E-state index is -0.0959. The summed E-state index contributed by atoms with van der Waals surface area (Å²) >= 11 is 0. The number of benzene rings is 1. The number of amides is 2. The van der Waals surface area contributed by atoms with Crippen LogP contribution >= 0.6 is 0 Å². The maximum atomic E-state index is 12.9.